The number of nitrogens with one attached hydrogen (secondary N) is 2. The number of hydrogen-bond acceptors (Lipinski definition) is 8. The van der Waals surface area contributed by atoms with Crippen LogP contribution in [0, 0.1) is 0 Å². The lowest BCUT2D eigenvalue weighted by atomic mass is 9.96. The van der Waals surface area contributed by atoms with Gasteiger partial charge in [-0.25, -0.2) is 9.97 Å². The highest BCUT2D eigenvalue weighted by Gasteiger charge is 2.22. The smallest absolute Gasteiger partial charge is 0.250 e. The molecule has 2 N–H and O–H groups in total. The van der Waals surface area contributed by atoms with E-state index < -0.39 is 10.9 Å². The van der Waals surface area contributed by atoms with Crippen molar-refractivity contribution in [1.29, 1.82) is 0 Å². The summed E-state index contributed by atoms with van der Waals surface area (Å²) in [6.45, 7) is 4.77. The number of hydrogen-bond donors (Lipinski definition) is 2. The minimum absolute atomic E-state index is 0.403. The summed E-state index contributed by atoms with van der Waals surface area (Å²) in [6, 6.07) is 5.89. The lowest BCUT2D eigenvalue weighted by Gasteiger charge is -2.35. The summed E-state index contributed by atoms with van der Waals surface area (Å²) < 4.78 is 5.40. The van der Waals surface area contributed by atoms with Gasteiger partial charge in [0.15, 0.2) is 11.6 Å². The number of H-pyrrole nitrogens is 1. The number of ether oxygens (including phenoxy) is 1. The number of nitrogens with zero attached hydrogens (tertiary/aromatic N) is 4. The Kier molecular flexibility index (Phi) is 6.02. The van der Waals surface area contributed by atoms with E-state index in [0.717, 1.165) is 67.8 Å². The van der Waals surface area contributed by atoms with Gasteiger partial charge in [0.1, 0.15) is 6.33 Å². The molecule has 176 valence electrons. The molecular weight excluding hydrogens is 432 g/mol. The predicted molar refractivity (Wildman–Crippen MR) is 134 cm³/mol. The van der Waals surface area contributed by atoms with Gasteiger partial charge in [0.05, 0.1) is 24.6 Å². The second-order valence-corrected chi connectivity index (χ2v) is 8.58. The number of fused-ring (bicyclic) bond motifs is 1. The van der Waals surface area contributed by atoms with Crippen molar-refractivity contribution < 1.29 is 4.74 Å². The summed E-state index contributed by atoms with van der Waals surface area (Å²) in [5, 5.41) is 3.96. The fraction of sp³-hybridized carbons (Fsp3) is 0.360. The number of rotatable bonds is 8. The van der Waals surface area contributed by atoms with E-state index in [1.165, 1.54) is 5.56 Å². The number of aromatic amines is 1. The monoisotopic (exact) mass is 460 g/mol. The first-order valence-electron chi connectivity index (χ1n) is 11.5. The Morgan fingerprint density at radius 3 is 2.74 bits per heavy atom. The van der Waals surface area contributed by atoms with Crippen LogP contribution < -0.4 is 25.8 Å². The van der Waals surface area contributed by atoms with Crippen LogP contribution in [0.4, 0.5) is 11.5 Å². The summed E-state index contributed by atoms with van der Waals surface area (Å²) in [4.78, 5) is 40.4. The number of piperazine rings is 1. The second kappa shape index (κ2) is 9.26. The van der Waals surface area contributed by atoms with Gasteiger partial charge >= 0.3 is 0 Å². The Morgan fingerprint density at radius 2 is 1.97 bits per heavy atom. The molecule has 1 fully saturated rings. The third kappa shape index (κ3) is 3.92. The Hall–Kier alpha value is -3.72. The molecule has 9 heteroatoms. The van der Waals surface area contributed by atoms with Crippen LogP contribution in [0.3, 0.4) is 0 Å². The molecule has 5 rings (SSSR count). The molecule has 3 heterocycles. The van der Waals surface area contributed by atoms with Crippen molar-refractivity contribution in [2.45, 2.75) is 12.8 Å². The molecule has 0 radical (unpaired) electrons. The lowest BCUT2D eigenvalue weighted by Crippen LogP contribution is -2.47. The molecule has 0 unspecified atom stereocenters. The highest BCUT2D eigenvalue weighted by atomic mass is 16.5. The highest BCUT2D eigenvalue weighted by molar-refractivity contribution is 5.91. The summed E-state index contributed by atoms with van der Waals surface area (Å²) in [7, 11) is 3.32. The minimum Gasteiger partial charge on any atom is -0.491 e. The molecule has 1 aliphatic heterocycles. The molecule has 2 aromatic carbocycles. The van der Waals surface area contributed by atoms with Gasteiger partial charge in [0, 0.05) is 50.3 Å². The van der Waals surface area contributed by atoms with Gasteiger partial charge < -0.3 is 19.9 Å². The Balaban J connectivity index is 1.20. The van der Waals surface area contributed by atoms with Crippen molar-refractivity contribution >= 4 is 22.4 Å². The van der Waals surface area contributed by atoms with Crippen LogP contribution in [0.1, 0.15) is 12.0 Å². The maximum Gasteiger partial charge on any atom is 0.250 e. The van der Waals surface area contributed by atoms with E-state index in [2.05, 4.69) is 36.3 Å². The quantitative estimate of drug-likeness (QED) is 0.385. The molecule has 1 saturated heterocycles. The van der Waals surface area contributed by atoms with Crippen LogP contribution in [0.5, 0.6) is 5.75 Å². The zero-order valence-corrected chi connectivity index (χ0v) is 19.4. The molecule has 0 amide bonds. The van der Waals surface area contributed by atoms with Gasteiger partial charge in [-0.15, -0.1) is 0 Å². The standard InChI is InChI=1S/C25H28N6O3/c1-26-22-21(23(32)24(22)33)16-5-6-19-18(12-16)17(13-28-19)4-3-7-30-8-10-31(11-9-30)25-20(34-2)14-27-15-29-25/h5-6,12-15,26,28H,3-4,7-11H2,1-2H3. The maximum absolute atomic E-state index is 12.1. The first-order valence-corrected chi connectivity index (χ1v) is 11.5. The van der Waals surface area contributed by atoms with Crippen LogP contribution in [0.25, 0.3) is 22.0 Å². The van der Waals surface area contributed by atoms with Gasteiger partial charge in [-0.05, 0) is 42.6 Å². The molecule has 0 aliphatic carbocycles. The molecule has 1 aliphatic rings. The molecule has 9 nitrogen and oxygen atoms in total. The minimum atomic E-state index is -0.440. The predicted octanol–water partition coefficient (Wildman–Crippen LogP) is 2.03. The highest BCUT2D eigenvalue weighted by Crippen LogP contribution is 2.29. The third-order valence-corrected chi connectivity index (χ3v) is 6.69. The van der Waals surface area contributed by atoms with Crippen molar-refractivity contribution in [3.8, 4) is 16.9 Å². The van der Waals surface area contributed by atoms with Crippen molar-refractivity contribution in [2.75, 3.05) is 57.1 Å². The molecular formula is C25H28N6O3. The van der Waals surface area contributed by atoms with E-state index in [1.807, 2.05) is 18.2 Å². The molecule has 0 saturated carbocycles. The van der Waals surface area contributed by atoms with Crippen molar-refractivity contribution in [3.63, 3.8) is 0 Å². The third-order valence-electron chi connectivity index (χ3n) is 6.69. The fourth-order valence-corrected chi connectivity index (χ4v) is 4.81. The molecule has 34 heavy (non-hydrogen) atoms. The summed E-state index contributed by atoms with van der Waals surface area (Å²) in [5.74, 6) is 1.56. The first kappa shape index (κ1) is 22.1. The van der Waals surface area contributed by atoms with E-state index in [1.54, 1.807) is 26.7 Å². The Bertz CT molecular complexity index is 1380. The van der Waals surface area contributed by atoms with Gasteiger partial charge in [-0.3, -0.25) is 14.5 Å². The zero-order valence-electron chi connectivity index (χ0n) is 19.4. The largest absolute Gasteiger partial charge is 0.491 e. The van der Waals surface area contributed by atoms with Crippen LogP contribution in [0.15, 0.2) is 46.5 Å². The van der Waals surface area contributed by atoms with Gasteiger partial charge in [0.2, 0.25) is 10.9 Å². The van der Waals surface area contributed by atoms with E-state index in [4.69, 9.17) is 4.74 Å². The zero-order chi connectivity index (χ0) is 23.7. The summed E-state index contributed by atoms with van der Waals surface area (Å²) in [5.41, 5.74) is 3.09. The average molecular weight is 461 g/mol. The van der Waals surface area contributed by atoms with Crippen LogP contribution in [-0.2, 0) is 6.42 Å². The second-order valence-electron chi connectivity index (χ2n) is 8.58. The molecule has 4 aromatic rings. The van der Waals surface area contributed by atoms with Crippen molar-refractivity contribution in [1.82, 2.24) is 19.9 Å². The van der Waals surface area contributed by atoms with E-state index in [9.17, 15) is 9.59 Å². The summed E-state index contributed by atoms with van der Waals surface area (Å²) in [6.07, 6.45) is 7.29. The number of anilines is 2. The number of benzene rings is 1. The molecule has 0 bridgehead atoms. The SMILES string of the molecule is CNc1c(-c2ccc3[nH]cc(CCCN4CCN(c5ncncc5OC)CC4)c3c2)c(=O)c1=O. The van der Waals surface area contributed by atoms with Crippen LogP contribution >= 0.6 is 0 Å². The normalized spacial score (nSPS) is 14.7. The van der Waals surface area contributed by atoms with E-state index in [-0.39, 0.29) is 0 Å². The van der Waals surface area contributed by atoms with Gasteiger partial charge in [-0.1, -0.05) is 6.07 Å². The van der Waals surface area contributed by atoms with Gasteiger partial charge in [0.25, 0.3) is 0 Å². The number of methoxy groups -OCH3 is 1. The molecule has 0 atom stereocenters. The van der Waals surface area contributed by atoms with E-state index in [0.29, 0.717) is 17.0 Å². The maximum atomic E-state index is 12.1. The number of aromatic nitrogens is 3. The van der Waals surface area contributed by atoms with E-state index >= 15 is 0 Å². The first-order chi connectivity index (χ1) is 16.6. The average Bonchev–Trinajstić information content (AvgIpc) is 3.29. The fourth-order valence-electron chi connectivity index (χ4n) is 4.81. The lowest BCUT2D eigenvalue weighted by molar-refractivity contribution is 0.253. The topological polar surface area (TPSA) is 103 Å². The van der Waals surface area contributed by atoms with Crippen molar-refractivity contribution in [3.05, 3.63) is 62.9 Å². The molecule has 2 aromatic heterocycles. The van der Waals surface area contributed by atoms with Crippen LogP contribution in [0.2, 0.25) is 0 Å². The Morgan fingerprint density at radius 1 is 1.15 bits per heavy atom. The van der Waals surface area contributed by atoms with Gasteiger partial charge in [-0.2, -0.15) is 0 Å². The van der Waals surface area contributed by atoms with Crippen LogP contribution in [-0.4, -0.2) is 66.7 Å². The van der Waals surface area contributed by atoms with Crippen molar-refractivity contribution in [2.24, 2.45) is 0 Å². The molecule has 0 spiro atoms. The number of aryl methyl sites for hydroxylation is 1. The summed E-state index contributed by atoms with van der Waals surface area (Å²) >= 11 is 0. The Labute approximate surface area is 197 Å².